The molecule has 1 N–H and O–H groups in total. The van der Waals surface area contributed by atoms with Crippen molar-refractivity contribution in [2.75, 3.05) is 0 Å². The molecule has 0 saturated carbocycles. The second-order valence-electron chi connectivity index (χ2n) is 4.13. The molecule has 1 unspecified atom stereocenters. The van der Waals surface area contributed by atoms with Gasteiger partial charge in [-0.25, -0.2) is 4.79 Å². The Kier molecular flexibility index (Phi) is 6.15. The summed E-state index contributed by atoms with van der Waals surface area (Å²) in [5.74, 6) is 0. The maximum atomic E-state index is 10.6. The molecule has 0 heterocycles. The number of hydrogen-bond donors (Lipinski definition) is 1. The first kappa shape index (κ1) is 13.6. The molecule has 0 bridgehead atoms. The Morgan fingerprint density at radius 3 is 2.53 bits per heavy atom. The molecule has 3 heteroatoms. The molecule has 1 rings (SSSR count). The van der Waals surface area contributed by atoms with Crippen molar-refractivity contribution in [3.8, 4) is 0 Å². The van der Waals surface area contributed by atoms with Crippen LogP contribution in [0.3, 0.4) is 0 Å². The van der Waals surface area contributed by atoms with Gasteiger partial charge in [-0.1, -0.05) is 56.5 Å². The smallest absolute Gasteiger partial charge is 0.450 e. The number of benzene rings is 1. The van der Waals surface area contributed by atoms with E-state index in [1.807, 2.05) is 30.3 Å². The average Bonchev–Trinajstić information content (AvgIpc) is 2.34. The number of carboxylic acid groups (broad SMARTS) is 1. The van der Waals surface area contributed by atoms with E-state index < -0.39 is 6.16 Å². The molecule has 0 fully saturated rings. The lowest BCUT2D eigenvalue weighted by molar-refractivity contribution is 0.0464. The Balaban J connectivity index is 2.52. The summed E-state index contributed by atoms with van der Waals surface area (Å²) < 4.78 is 4.93. The minimum Gasteiger partial charge on any atom is -0.450 e. The van der Waals surface area contributed by atoms with Crippen molar-refractivity contribution in [1.29, 1.82) is 0 Å². The topological polar surface area (TPSA) is 46.5 Å². The largest absolute Gasteiger partial charge is 0.506 e. The van der Waals surface area contributed by atoms with Gasteiger partial charge >= 0.3 is 6.16 Å². The molecular weight excluding hydrogens is 216 g/mol. The zero-order valence-corrected chi connectivity index (χ0v) is 10.3. The van der Waals surface area contributed by atoms with Gasteiger partial charge in [0, 0.05) is 0 Å². The lowest BCUT2D eigenvalue weighted by atomic mass is 10.0. The minimum absolute atomic E-state index is 0.328. The van der Waals surface area contributed by atoms with Gasteiger partial charge < -0.3 is 9.84 Å². The fourth-order valence-electron chi connectivity index (χ4n) is 1.84. The summed E-state index contributed by atoms with van der Waals surface area (Å²) in [7, 11) is 0. The molecule has 0 spiro atoms. The van der Waals surface area contributed by atoms with Gasteiger partial charge in [-0.15, -0.1) is 0 Å². The van der Waals surface area contributed by atoms with E-state index in [0.717, 1.165) is 24.8 Å². The van der Waals surface area contributed by atoms with Gasteiger partial charge in [-0.3, -0.25) is 0 Å². The van der Waals surface area contributed by atoms with Crippen molar-refractivity contribution in [1.82, 2.24) is 0 Å². The SMILES string of the molecule is CCCCCCC(OC(=O)O)c1ccccc1. The van der Waals surface area contributed by atoms with Crippen LogP contribution in [0.5, 0.6) is 0 Å². The molecular formula is C14H20O3. The Morgan fingerprint density at radius 1 is 1.24 bits per heavy atom. The van der Waals surface area contributed by atoms with Crippen molar-refractivity contribution < 1.29 is 14.6 Å². The van der Waals surface area contributed by atoms with E-state index in [0.29, 0.717) is 0 Å². The number of carbonyl (C=O) groups is 1. The van der Waals surface area contributed by atoms with E-state index in [1.165, 1.54) is 12.8 Å². The van der Waals surface area contributed by atoms with E-state index in [4.69, 9.17) is 9.84 Å². The van der Waals surface area contributed by atoms with E-state index >= 15 is 0 Å². The molecule has 0 aliphatic carbocycles. The maximum absolute atomic E-state index is 10.6. The number of unbranched alkanes of at least 4 members (excludes halogenated alkanes) is 3. The summed E-state index contributed by atoms with van der Waals surface area (Å²) in [6.07, 6.45) is 3.73. The molecule has 1 aromatic carbocycles. The van der Waals surface area contributed by atoms with Crippen LogP contribution in [0.25, 0.3) is 0 Å². The van der Waals surface area contributed by atoms with Crippen molar-refractivity contribution in [3.63, 3.8) is 0 Å². The first-order chi connectivity index (χ1) is 8.24. The Hall–Kier alpha value is -1.51. The number of hydrogen-bond acceptors (Lipinski definition) is 2. The minimum atomic E-state index is -1.20. The summed E-state index contributed by atoms with van der Waals surface area (Å²) in [6.45, 7) is 2.16. The van der Waals surface area contributed by atoms with Crippen LogP contribution in [0.4, 0.5) is 4.79 Å². The lowest BCUT2D eigenvalue weighted by Gasteiger charge is -2.16. The molecule has 0 aliphatic rings. The summed E-state index contributed by atoms with van der Waals surface area (Å²) >= 11 is 0. The van der Waals surface area contributed by atoms with Crippen LogP contribution in [-0.4, -0.2) is 11.3 Å². The zero-order valence-electron chi connectivity index (χ0n) is 10.3. The normalized spacial score (nSPS) is 12.1. The highest BCUT2D eigenvalue weighted by Crippen LogP contribution is 2.24. The van der Waals surface area contributed by atoms with Gasteiger partial charge in [0.2, 0.25) is 0 Å². The van der Waals surface area contributed by atoms with Crippen LogP contribution in [0.2, 0.25) is 0 Å². The Labute approximate surface area is 102 Å². The zero-order chi connectivity index (χ0) is 12.5. The Bertz CT molecular complexity index is 321. The highest BCUT2D eigenvalue weighted by atomic mass is 16.7. The van der Waals surface area contributed by atoms with Crippen molar-refractivity contribution in [2.45, 2.75) is 45.1 Å². The second kappa shape index (κ2) is 7.71. The first-order valence-corrected chi connectivity index (χ1v) is 6.18. The fraction of sp³-hybridized carbons (Fsp3) is 0.500. The molecule has 0 radical (unpaired) electrons. The molecule has 0 aliphatic heterocycles. The number of ether oxygens (including phenoxy) is 1. The van der Waals surface area contributed by atoms with Crippen LogP contribution < -0.4 is 0 Å². The third-order valence-electron chi connectivity index (χ3n) is 2.73. The van der Waals surface area contributed by atoms with Crippen LogP contribution in [0.1, 0.15) is 50.7 Å². The predicted molar refractivity (Wildman–Crippen MR) is 67.1 cm³/mol. The standard InChI is InChI=1S/C14H20O3/c1-2-3-4-8-11-13(17-14(15)16)12-9-6-5-7-10-12/h5-7,9-10,13H,2-4,8,11H2,1H3,(H,15,16). The highest BCUT2D eigenvalue weighted by molar-refractivity contribution is 5.57. The summed E-state index contributed by atoms with van der Waals surface area (Å²) in [4.78, 5) is 10.6. The summed E-state index contributed by atoms with van der Waals surface area (Å²) in [5.41, 5.74) is 0.936. The van der Waals surface area contributed by atoms with Crippen molar-refractivity contribution in [2.24, 2.45) is 0 Å². The van der Waals surface area contributed by atoms with Crippen molar-refractivity contribution >= 4 is 6.16 Å². The number of rotatable bonds is 7. The van der Waals surface area contributed by atoms with Gasteiger partial charge in [-0.05, 0) is 18.4 Å². The van der Waals surface area contributed by atoms with E-state index in [2.05, 4.69) is 6.92 Å². The fourth-order valence-corrected chi connectivity index (χ4v) is 1.84. The van der Waals surface area contributed by atoms with Gasteiger partial charge in [0.05, 0.1) is 0 Å². The van der Waals surface area contributed by atoms with Gasteiger partial charge in [-0.2, -0.15) is 0 Å². The molecule has 17 heavy (non-hydrogen) atoms. The molecule has 3 nitrogen and oxygen atoms in total. The summed E-state index contributed by atoms with van der Waals surface area (Å²) in [5, 5.41) is 8.73. The monoisotopic (exact) mass is 236 g/mol. The molecule has 0 aromatic heterocycles. The second-order valence-corrected chi connectivity index (χ2v) is 4.13. The molecule has 1 aromatic rings. The van der Waals surface area contributed by atoms with E-state index in [1.54, 1.807) is 0 Å². The van der Waals surface area contributed by atoms with Crippen LogP contribution in [-0.2, 0) is 4.74 Å². The van der Waals surface area contributed by atoms with E-state index in [9.17, 15) is 4.79 Å². The quantitative estimate of drug-likeness (QED) is 0.564. The predicted octanol–water partition coefficient (Wildman–Crippen LogP) is 4.39. The summed E-state index contributed by atoms with van der Waals surface area (Å²) in [6, 6.07) is 9.54. The van der Waals surface area contributed by atoms with Crippen LogP contribution >= 0.6 is 0 Å². The Morgan fingerprint density at radius 2 is 1.94 bits per heavy atom. The molecule has 1 atom stereocenters. The third kappa shape index (κ3) is 5.38. The van der Waals surface area contributed by atoms with Gasteiger partial charge in [0.25, 0.3) is 0 Å². The van der Waals surface area contributed by atoms with Gasteiger partial charge in [0.15, 0.2) is 0 Å². The average molecular weight is 236 g/mol. The maximum Gasteiger partial charge on any atom is 0.506 e. The van der Waals surface area contributed by atoms with E-state index in [-0.39, 0.29) is 6.10 Å². The van der Waals surface area contributed by atoms with Crippen LogP contribution in [0.15, 0.2) is 30.3 Å². The highest BCUT2D eigenvalue weighted by Gasteiger charge is 2.15. The third-order valence-corrected chi connectivity index (χ3v) is 2.73. The molecule has 94 valence electrons. The van der Waals surface area contributed by atoms with Crippen LogP contribution in [0, 0.1) is 0 Å². The molecule has 0 saturated heterocycles. The van der Waals surface area contributed by atoms with Crippen molar-refractivity contribution in [3.05, 3.63) is 35.9 Å². The van der Waals surface area contributed by atoms with Gasteiger partial charge in [0.1, 0.15) is 6.10 Å². The lowest BCUT2D eigenvalue weighted by Crippen LogP contribution is -2.09. The first-order valence-electron chi connectivity index (χ1n) is 6.18. The molecule has 0 amide bonds.